The summed E-state index contributed by atoms with van der Waals surface area (Å²) in [5, 5.41) is 0.516. The predicted molar refractivity (Wildman–Crippen MR) is 76.6 cm³/mol. The fraction of sp³-hybridized carbons (Fsp3) is 0.231. The average Bonchev–Trinajstić information content (AvgIpc) is 3.02. The molecule has 0 spiro atoms. The molecule has 19 heavy (non-hydrogen) atoms. The van der Waals surface area contributed by atoms with Gasteiger partial charge in [-0.15, -0.1) is 0 Å². The lowest BCUT2D eigenvalue weighted by atomic mass is 10.2. The number of fused-ring (bicyclic) bond motifs is 1. The zero-order chi connectivity index (χ0) is 13.2. The first-order valence-electron chi connectivity index (χ1n) is 6.14. The van der Waals surface area contributed by atoms with E-state index in [1.807, 2.05) is 12.1 Å². The number of hydrogen-bond acceptors (Lipinski definition) is 5. The summed E-state index contributed by atoms with van der Waals surface area (Å²) in [6.07, 6.45) is 5.31. The van der Waals surface area contributed by atoms with E-state index < -0.39 is 0 Å². The number of thiazole rings is 1. The smallest absolute Gasteiger partial charge is 0.269 e. The number of nitrogens with one attached hydrogen (secondary N) is 2. The SMILES string of the molecule is Nc1nc2ccc(C(=O)NNC3=CCCC3)cc2s1. The van der Waals surface area contributed by atoms with Gasteiger partial charge in [0.1, 0.15) is 0 Å². The summed E-state index contributed by atoms with van der Waals surface area (Å²) in [5.41, 5.74) is 13.8. The molecule has 0 radical (unpaired) electrons. The van der Waals surface area contributed by atoms with E-state index in [1.165, 1.54) is 11.3 Å². The lowest BCUT2D eigenvalue weighted by Crippen LogP contribution is -2.36. The molecule has 0 fully saturated rings. The third kappa shape index (κ3) is 2.53. The lowest BCUT2D eigenvalue weighted by molar-refractivity contribution is 0.0938. The van der Waals surface area contributed by atoms with Crippen LogP contribution in [0.3, 0.4) is 0 Å². The Balaban J connectivity index is 1.73. The third-order valence-electron chi connectivity index (χ3n) is 3.04. The van der Waals surface area contributed by atoms with E-state index in [-0.39, 0.29) is 5.91 Å². The number of carbonyl (C=O) groups is 1. The summed E-state index contributed by atoms with van der Waals surface area (Å²) in [6.45, 7) is 0. The molecular formula is C13H14N4OS. The molecule has 0 saturated carbocycles. The minimum Gasteiger partial charge on any atom is -0.375 e. The number of rotatable bonds is 3. The van der Waals surface area contributed by atoms with Gasteiger partial charge in [0.15, 0.2) is 5.13 Å². The number of amides is 1. The van der Waals surface area contributed by atoms with Crippen molar-refractivity contribution in [2.45, 2.75) is 19.3 Å². The van der Waals surface area contributed by atoms with Gasteiger partial charge in [0.05, 0.1) is 10.2 Å². The van der Waals surface area contributed by atoms with Gasteiger partial charge in [-0.1, -0.05) is 17.4 Å². The molecule has 3 rings (SSSR count). The lowest BCUT2D eigenvalue weighted by Gasteiger charge is -2.08. The molecule has 4 N–H and O–H groups in total. The molecule has 1 heterocycles. The van der Waals surface area contributed by atoms with Crippen molar-refractivity contribution < 1.29 is 4.79 Å². The maximum atomic E-state index is 12.0. The average molecular weight is 274 g/mol. The van der Waals surface area contributed by atoms with Gasteiger partial charge in [-0.3, -0.25) is 10.2 Å². The first kappa shape index (κ1) is 12.0. The summed E-state index contributed by atoms with van der Waals surface area (Å²) >= 11 is 1.38. The molecule has 6 heteroatoms. The summed E-state index contributed by atoms with van der Waals surface area (Å²) in [4.78, 5) is 16.2. The van der Waals surface area contributed by atoms with Gasteiger partial charge in [-0.05, 0) is 37.5 Å². The fourth-order valence-electron chi connectivity index (χ4n) is 2.08. The van der Waals surface area contributed by atoms with E-state index in [0.29, 0.717) is 10.7 Å². The van der Waals surface area contributed by atoms with E-state index in [2.05, 4.69) is 21.9 Å². The van der Waals surface area contributed by atoms with Crippen LogP contribution in [0, 0.1) is 0 Å². The maximum absolute atomic E-state index is 12.0. The van der Waals surface area contributed by atoms with E-state index in [4.69, 9.17) is 5.73 Å². The molecule has 1 aliphatic carbocycles. The van der Waals surface area contributed by atoms with Crippen molar-refractivity contribution in [3.8, 4) is 0 Å². The van der Waals surface area contributed by atoms with Crippen LogP contribution >= 0.6 is 11.3 Å². The number of hydrogen-bond donors (Lipinski definition) is 3. The molecule has 5 nitrogen and oxygen atoms in total. The van der Waals surface area contributed by atoms with Crippen LogP contribution in [0.5, 0.6) is 0 Å². The summed E-state index contributed by atoms with van der Waals surface area (Å²) in [6, 6.07) is 5.37. The minimum absolute atomic E-state index is 0.151. The van der Waals surface area contributed by atoms with Crippen LogP contribution < -0.4 is 16.6 Å². The number of nitrogen functional groups attached to an aromatic ring is 1. The van der Waals surface area contributed by atoms with Crippen LogP contribution in [-0.4, -0.2) is 10.9 Å². The Labute approximate surface area is 114 Å². The second kappa shape index (κ2) is 4.89. The zero-order valence-corrected chi connectivity index (χ0v) is 11.1. The molecule has 0 atom stereocenters. The summed E-state index contributed by atoms with van der Waals surface area (Å²) in [7, 11) is 0. The van der Waals surface area contributed by atoms with Crippen molar-refractivity contribution in [1.29, 1.82) is 0 Å². The molecule has 98 valence electrons. The second-order valence-corrected chi connectivity index (χ2v) is 5.50. The molecule has 0 saturated heterocycles. The van der Waals surface area contributed by atoms with E-state index in [0.717, 1.165) is 35.2 Å². The first-order valence-corrected chi connectivity index (χ1v) is 6.95. The van der Waals surface area contributed by atoms with Crippen LogP contribution in [0.4, 0.5) is 5.13 Å². The minimum atomic E-state index is -0.151. The van der Waals surface area contributed by atoms with Crippen molar-refractivity contribution in [3.63, 3.8) is 0 Å². The zero-order valence-electron chi connectivity index (χ0n) is 10.3. The van der Waals surface area contributed by atoms with Crippen LogP contribution in [-0.2, 0) is 0 Å². The molecule has 1 aromatic carbocycles. The van der Waals surface area contributed by atoms with Crippen molar-refractivity contribution in [3.05, 3.63) is 35.5 Å². The molecule has 0 aliphatic heterocycles. The van der Waals surface area contributed by atoms with Crippen molar-refractivity contribution in [2.75, 3.05) is 5.73 Å². The van der Waals surface area contributed by atoms with Crippen LogP contribution in [0.15, 0.2) is 30.0 Å². The Hall–Kier alpha value is -2.08. The largest absolute Gasteiger partial charge is 0.375 e. The van der Waals surface area contributed by atoms with Crippen LogP contribution in [0.1, 0.15) is 29.6 Å². The highest BCUT2D eigenvalue weighted by molar-refractivity contribution is 7.22. The van der Waals surface area contributed by atoms with Gasteiger partial charge in [-0.25, -0.2) is 4.98 Å². The monoisotopic (exact) mass is 274 g/mol. The van der Waals surface area contributed by atoms with Crippen LogP contribution in [0.25, 0.3) is 10.2 Å². The van der Waals surface area contributed by atoms with Gasteiger partial charge in [0.25, 0.3) is 5.91 Å². The number of anilines is 1. The highest BCUT2D eigenvalue weighted by Crippen LogP contribution is 2.24. The molecule has 1 aliphatic rings. The van der Waals surface area contributed by atoms with Gasteiger partial charge in [0, 0.05) is 11.3 Å². The van der Waals surface area contributed by atoms with Gasteiger partial charge in [-0.2, -0.15) is 0 Å². The normalized spacial score (nSPS) is 14.4. The summed E-state index contributed by atoms with van der Waals surface area (Å²) in [5.74, 6) is -0.151. The third-order valence-corrected chi connectivity index (χ3v) is 3.89. The predicted octanol–water partition coefficient (Wildman–Crippen LogP) is 2.18. The Morgan fingerprint density at radius 1 is 1.42 bits per heavy atom. The topological polar surface area (TPSA) is 80.0 Å². The van der Waals surface area contributed by atoms with E-state index >= 15 is 0 Å². The van der Waals surface area contributed by atoms with Crippen molar-refractivity contribution in [2.24, 2.45) is 0 Å². The molecule has 1 amide bonds. The van der Waals surface area contributed by atoms with Crippen molar-refractivity contribution >= 4 is 32.6 Å². The van der Waals surface area contributed by atoms with Crippen molar-refractivity contribution in [1.82, 2.24) is 15.8 Å². The highest BCUT2D eigenvalue weighted by Gasteiger charge is 2.10. The van der Waals surface area contributed by atoms with Crippen LogP contribution in [0.2, 0.25) is 0 Å². The fourth-order valence-corrected chi connectivity index (χ4v) is 2.85. The number of hydrazine groups is 1. The van der Waals surface area contributed by atoms with Gasteiger partial charge >= 0.3 is 0 Å². The molecule has 0 unspecified atom stereocenters. The first-order chi connectivity index (χ1) is 9.22. The number of benzene rings is 1. The van der Waals surface area contributed by atoms with Gasteiger partial charge < -0.3 is 11.2 Å². The highest BCUT2D eigenvalue weighted by atomic mass is 32.1. The Kier molecular flexibility index (Phi) is 3.08. The number of allylic oxidation sites excluding steroid dienone is 2. The molecular weight excluding hydrogens is 260 g/mol. The molecule has 2 aromatic rings. The van der Waals surface area contributed by atoms with Gasteiger partial charge in [0.2, 0.25) is 0 Å². The number of aromatic nitrogens is 1. The number of nitrogens with zero attached hydrogens (tertiary/aromatic N) is 1. The van der Waals surface area contributed by atoms with E-state index in [9.17, 15) is 4.79 Å². The summed E-state index contributed by atoms with van der Waals surface area (Å²) < 4.78 is 0.922. The Morgan fingerprint density at radius 3 is 3.11 bits per heavy atom. The number of carbonyl (C=O) groups excluding carboxylic acids is 1. The number of nitrogens with two attached hydrogens (primary N) is 1. The molecule has 0 bridgehead atoms. The van der Waals surface area contributed by atoms with E-state index in [1.54, 1.807) is 6.07 Å². The Bertz CT molecular complexity index is 662. The molecule has 1 aromatic heterocycles. The maximum Gasteiger partial charge on any atom is 0.269 e. The standard InChI is InChI=1S/C13H14N4OS/c14-13-15-10-6-5-8(7-11(10)19-13)12(18)17-16-9-3-1-2-4-9/h3,5-7,16H,1-2,4H2,(H2,14,15)(H,17,18). The quantitative estimate of drug-likeness (QED) is 0.749. The second-order valence-electron chi connectivity index (χ2n) is 4.44. The Morgan fingerprint density at radius 2 is 2.32 bits per heavy atom.